The second kappa shape index (κ2) is 18.6. The van der Waals surface area contributed by atoms with Crippen molar-refractivity contribution in [2.24, 2.45) is 0 Å². The highest BCUT2D eigenvalue weighted by Gasteiger charge is 2.45. The molecule has 0 fully saturated rings. The molecular weight excluding hydrogens is 537 g/mol. The Labute approximate surface area is 249 Å². The fourth-order valence-electron chi connectivity index (χ4n) is 6.83. The van der Waals surface area contributed by atoms with Crippen molar-refractivity contribution >= 4 is 16.6 Å². The van der Waals surface area contributed by atoms with Gasteiger partial charge in [-0.3, -0.25) is 0 Å². The monoisotopic (exact) mass is 598 g/mol. The minimum atomic E-state index is -1.83. The summed E-state index contributed by atoms with van der Waals surface area (Å²) < 4.78 is 36.3. The highest BCUT2D eigenvalue weighted by molar-refractivity contribution is 6.78. The van der Waals surface area contributed by atoms with E-state index in [1.165, 1.54) is 0 Å². The molecule has 6 nitrogen and oxygen atoms in total. The van der Waals surface area contributed by atoms with Gasteiger partial charge in [0.1, 0.15) is 24.7 Å². The van der Waals surface area contributed by atoms with E-state index in [0.717, 1.165) is 11.5 Å². The van der Waals surface area contributed by atoms with Crippen molar-refractivity contribution in [2.45, 2.75) is 116 Å². The topological polar surface area (TPSA) is 55.4 Å². The molecule has 0 aliphatic carbocycles. The van der Waals surface area contributed by atoms with Crippen LogP contribution in [0.3, 0.4) is 0 Å². The third-order valence-electron chi connectivity index (χ3n) is 8.39. The van der Waals surface area contributed by atoms with Crippen molar-refractivity contribution in [3.63, 3.8) is 0 Å². The number of rotatable bonds is 22. The van der Waals surface area contributed by atoms with Gasteiger partial charge in [0.2, 0.25) is 0 Å². The number of ether oxygens (including phenoxy) is 4. The van der Waals surface area contributed by atoms with E-state index in [-0.39, 0.29) is 0 Å². The predicted molar refractivity (Wildman–Crippen MR) is 173 cm³/mol. The number of benzene rings is 1. The second-order valence-corrected chi connectivity index (χ2v) is 23.6. The molecule has 0 aromatic heterocycles. The molecule has 0 aliphatic rings. The summed E-state index contributed by atoms with van der Waals surface area (Å²) in [6.45, 7) is 32.3. The van der Waals surface area contributed by atoms with Crippen molar-refractivity contribution in [3.05, 3.63) is 24.3 Å². The van der Waals surface area contributed by atoms with Gasteiger partial charge in [0.15, 0.2) is 16.6 Å². The van der Waals surface area contributed by atoms with Crippen LogP contribution in [0.4, 0.5) is 0 Å². The highest BCUT2D eigenvalue weighted by atomic mass is 28.4. The van der Waals surface area contributed by atoms with Gasteiger partial charge in [0.25, 0.3) is 0 Å². The molecule has 0 heterocycles. The third-order valence-corrected chi connectivity index (χ3v) is 20.6. The molecule has 0 unspecified atom stereocenters. The van der Waals surface area contributed by atoms with Crippen LogP contribution in [0.15, 0.2) is 24.3 Å². The molecule has 0 radical (unpaired) electrons. The molecule has 40 heavy (non-hydrogen) atoms. The van der Waals surface area contributed by atoms with Gasteiger partial charge in [-0.1, -0.05) is 83.1 Å². The van der Waals surface area contributed by atoms with Crippen LogP contribution in [0, 0.1) is 0 Å². The zero-order valence-corrected chi connectivity index (χ0v) is 29.9. The standard InChI is InChI=1S/C32H62O6Si2/c1-25(2)39(26(3)4,27(5)6)37-23-19-33-17-21-35-31-13-15-32(16-14-31)36-22-18-34-20-24-38-40(28(7)8,29(9)10)30(11)12/h13-16,25-30H,17-24H2,1-12H3. The first-order valence-electron chi connectivity index (χ1n) is 15.6. The van der Waals surface area contributed by atoms with E-state index in [0.29, 0.717) is 86.1 Å². The zero-order chi connectivity index (χ0) is 30.3. The first kappa shape index (κ1) is 37.1. The SMILES string of the molecule is CC(C)[Si](OCCOCCOc1ccc(OCCOCCO[Si](C(C)C)(C(C)C)C(C)C)cc1)(C(C)C)C(C)C. The lowest BCUT2D eigenvalue weighted by Gasteiger charge is -2.42. The largest absolute Gasteiger partial charge is 0.491 e. The van der Waals surface area contributed by atoms with Gasteiger partial charge in [0.05, 0.1) is 39.6 Å². The highest BCUT2D eigenvalue weighted by Crippen LogP contribution is 2.43. The van der Waals surface area contributed by atoms with E-state index < -0.39 is 16.6 Å². The molecule has 0 bridgehead atoms. The lowest BCUT2D eigenvalue weighted by Crippen LogP contribution is -2.48. The molecule has 0 saturated heterocycles. The molecule has 0 N–H and O–H groups in total. The molecular formula is C32H62O6Si2. The summed E-state index contributed by atoms with van der Waals surface area (Å²) in [5.41, 5.74) is 3.51. The maximum Gasteiger partial charge on any atom is 0.200 e. The minimum Gasteiger partial charge on any atom is -0.491 e. The lowest BCUT2D eigenvalue weighted by atomic mass is 10.3. The van der Waals surface area contributed by atoms with Crippen LogP contribution in [0.2, 0.25) is 33.2 Å². The van der Waals surface area contributed by atoms with E-state index in [4.69, 9.17) is 27.8 Å². The van der Waals surface area contributed by atoms with E-state index in [1.54, 1.807) is 0 Å². The van der Waals surface area contributed by atoms with Crippen molar-refractivity contribution < 1.29 is 27.8 Å². The summed E-state index contributed by atoms with van der Waals surface area (Å²) >= 11 is 0. The van der Waals surface area contributed by atoms with Crippen LogP contribution in [0.5, 0.6) is 11.5 Å². The van der Waals surface area contributed by atoms with Crippen molar-refractivity contribution in [2.75, 3.05) is 52.9 Å². The molecule has 8 heteroatoms. The second-order valence-electron chi connectivity index (χ2n) is 12.7. The van der Waals surface area contributed by atoms with Gasteiger partial charge in [-0.05, 0) is 57.5 Å². The van der Waals surface area contributed by atoms with E-state index in [9.17, 15) is 0 Å². The van der Waals surface area contributed by atoms with Crippen LogP contribution >= 0.6 is 0 Å². The Hall–Kier alpha value is -0.906. The molecule has 0 atom stereocenters. The quantitative estimate of drug-likeness (QED) is 0.0981. The Bertz CT molecular complexity index is 672. The summed E-state index contributed by atoms with van der Waals surface area (Å²) in [6, 6.07) is 7.70. The molecule has 1 rings (SSSR count). The van der Waals surface area contributed by atoms with E-state index >= 15 is 0 Å². The Kier molecular flexibility index (Phi) is 17.3. The minimum absolute atomic E-state index is 0.506. The number of hydrogen-bond donors (Lipinski definition) is 0. The van der Waals surface area contributed by atoms with Gasteiger partial charge in [-0.15, -0.1) is 0 Å². The van der Waals surface area contributed by atoms with Gasteiger partial charge in [-0.25, -0.2) is 0 Å². The molecule has 0 aliphatic heterocycles. The van der Waals surface area contributed by atoms with Gasteiger partial charge >= 0.3 is 0 Å². The van der Waals surface area contributed by atoms with Crippen molar-refractivity contribution in [1.82, 2.24) is 0 Å². The third kappa shape index (κ3) is 10.7. The van der Waals surface area contributed by atoms with Crippen LogP contribution in [-0.4, -0.2) is 69.5 Å². The molecule has 0 spiro atoms. The van der Waals surface area contributed by atoms with Crippen molar-refractivity contribution in [1.29, 1.82) is 0 Å². The van der Waals surface area contributed by atoms with Gasteiger partial charge in [-0.2, -0.15) is 0 Å². The molecule has 1 aromatic carbocycles. The van der Waals surface area contributed by atoms with Crippen LogP contribution in [0.1, 0.15) is 83.1 Å². The van der Waals surface area contributed by atoms with Crippen LogP contribution in [0.25, 0.3) is 0 Å². The van der Waals surface area contributed by atoms with Crippen LogP contribution in [-0.2, 0) is 18.3 Å². The van der Waals surface area contributed by atoms with Crippen molar-refractivity contribution in [3.8, 4) is 11.5 Å². The predicted octanol–water partition coefficient (Wildman–Crippen LogP) is 8.86. The van der Waals surface area contributed by atoms with Crippen LogP contribution < -0.4 is 9.47 Å². The first-order valence-corrected chi connectivity index (χ1v) is 19.9. The average molecular weight is 599 g/mol. The summed E-state index contributed by atoms with van der Waals surface area (Å²) in [5, 5.41) is 0. The molecule has 0 saturated carbocycles. The maximum atomic E-state index is 6.54. The summed E-state index contributed by atoms with van der Waals surface area (Å²) in [5.74, 6) is 1.61. The fourth-order valence-corrected chi connectivity index (χ4v) is 17.7. The Morgan fingerprint density at radius 2 is 0.650 bits per heavy atom. The molecule has 1 aromatic rings. The smallest absolute Gasteiger partial charge is 0.200 e. The summed E-state index contributed by atoms with van der Waals surface area (Å²) in [4.78, 5) is 0. The van der Waals surface area contributed by atoms with E-state index in [2.05, 4.69) is 83.1 Å². The summed E-state index contributed by atoms with van der Waals surface area (Å²) in [6.07, 6.45) is 0. The number of hydrogen-bond acceptors (Lipinski definition) is 6. The Morgan fingerprint density at radius 1 is 0.400 bits per heavy atom. The lowest BCUT2D eigenvalue weighted by molar-refractivity contribution is 0.0711. The average Bonchev–Trinajstić information content (AvgIpc) is 2.86. The Morgan fingerprint density at radius 3 is 0.900 bits per heavy atom. The molecule has 234 valence electrons. The fraction of sp³-hybridized carbons (Fsp3) is 0.812. The maximum absolute atomic E-state index is 6.54. The normalized spacial score (nSPS) is 13.1. The van der Waals surface area contributed by atoms with Gasteiger partial charge in [0, 0.05) is 0 Å². The first-order chi connectivity index (χ1) is 18.8. The van der Waals surface area contributed by atoms with E-state index in [1.807, 2.05) is 24.3 Å². The zero-order valence-electron chi connectivity index (χ0n) is 27.9. The summed E-state index contributed by atoms with van der Waals surface area (Å²) in [7, 11) is -3.65. The van der Waals surface area contributed by atoms with Gasteiger partial charge < -0.3 is 27.8 Å². The Balaban J connectivity index is 2.24. The molecule has 0 amide bonds.